The summed E-state index contributed by atoms with van der Waals surface area (Å²) in [7, 11) is 0. The molecule has 3 rings (SSSR count). The Kier molecular flexibility index (Phi) is 8.29. The summed E-state index contributed by atoms with van der Waals surface area (Å²) in [6.45, 7) is 4.28. The smallest absolute Gasteiger partial charge is 0.321 e. The van der Waals surface area contributed by atoms with Crippen molar-refractivity contribution in [3.8, 4) is 11.8 Å². The van der Waals surface area contributed by atoms with Crippen LogP contribution in [0.1, 0.15) is 93.9 Å². The van der Waals surface area contributed by atoms with Crippen molar-refractivity contribution in [3.05, 3.63) is 64.7 Å². The molecule has 0 heterocycles. The lowest BCUT2D eigenvalue weighted by atomic mass is 9.69. The van der Waals surface area contributed by atoms with Crippen LogP contribution in [0, 0.1) is 11.3 Å². The van der Waals surface area contributed by atoms with Crippen LogP contribution in [0.3, 0.4) is 0 Å². The number of carbonyl (C=O) groups excluding carboxylic acids is 1. The van der Waals surface area contributed by atoms with E-state index in [1.165, 1.54) is 31.2 Å². The van der Waals surface area contributed by atoms with Gasteiger partial charge in [-0.15, -0.1) is 0 Å². The lowest BCUT2D eigenvalue weighted by Gasteiger charge is -2.35. The van der Waals surface area contributed by atoms with Crippen LogP contribution in [0.15, 0.2) is 42.5 Å². The summed E-state index contributed by atoms with van der Waals surface area (Å²) >= 11 is 0. The van der Waals surface area contributed by atoms with Crippen molar-refractivity contribution >= 4 is 5.97 Å². The summed E-state index contributed by atoms with van der Waals surface area (Å²) in [4.78, 5) is 13.5. The Morgan fingerprint density at radius 3 is 2.32 bits per heavy atom. The van der Waals surface area contributed by atoms with Crippen molar-refractivity contribution in [1.29, 1.82) is 5.26 Å². The Bertz CT molecular complexity index is 902. The summed E-state index contributed by atoms with van der Waals surface area (Å²) in [5.74, 6) is 0.158. The molecule has 2 aromatic carbocycles. The number of hydrogen-bond donors (Lipinski definition) is 0. The number of aryl methyl sites for hydroxylation is 2. The zero-order valence-electron chi connectivity index (χ0n) is 19.1. The fourth-order valence-electron chi connectivity index (χ4n) is 4.68. The summed E-state index contributed by atoms with van der Waals surface area (Å²) in [6, 6.07) is 16.3. The Morgan fingerprint density at radius 2 is 1.68 bits per heavy atom. The number of carbonyl (C=O) groups is 1. The van der Waals surface area contributed by atoms with E-state index in [1.54, 1.807) is 6.07 Å². The van der Waals surface area contributed by atoms with Crippen LogP contribution >= 0.6 is 0 Å². The zero-order chi connectivity index (χ0) is 22.1. The maximum Gasteiger partial charge on any atom is 0.321 e. The molecule has 1 fully saturated rings. The van der Waals surface area contributed by atoms with Crippen molar-refractivity contribution in [2.24, 2.45) is 0 Å². The predicted octanol–water partition coefficient (Wildman–Crippen LogP) is 7.05. The van der Waals surface area contributed by atoms with Crippen molar-refractivity contribution in [3.63, 3.8) is 0 Å². The van der Waals surface area contributed by atoms with E-state index in [0.717, 1.165) is 56.1 Å². The topological polar surface area (TPSA) is 50.1 Å². The molecule has 0 bridgehead atoms. The van der Waals surface area contributed by atoms with Gasteiger partial charge in [0.05, 0.1) is 11.0 Å². The van der Waals surface area contributed by atoms with Gasteiger partial charge in [0, 0.05) is 0 Å². The fraction of sp³-hybridized carbons (Fsp3) is 0.500. The first-order chi connectivity index (χ1) is 15.1. The minimum absolute atomic E-state index is 0.219. The lowest BCUT2D eigenvalue weighted by molar-refractivity contribution is -0.142. The number of ether oxygens (including phenoxy) is 1. The Morgan fingerprint density at radius 1 is 0.968 bits per heavy atom. The minimum atomic E-state index is -0.616. The number of hydrogen-bond acceptors (Lipinski definition) is 3. The van der Waals surface area contributed by atoms with E-state index in [0.29, 0.717) is 11.3 Å². The predicted molar refractivity (Wildman–Crippen MR) is 125 cm³/mol. The maximum absolute atomic E-state index is 13.5. The molecule has 0 aliphatic heterocycles. The third kappa shape index (κ3) is 5.56. The molecule has 1 aliphatic carbocycles. The minimum Gasteiger partial charge on any atom is -0.424 e. The molecule has 0 unspecified atom stereocenters. The van der Waals surface area contributed by atoms with Crippen LogP contribution in [0.5, 0.6) is 5.75 Å². The second-order valence-electron chi connectivity index (χ2n) is 8.84. The van der Waals surface area contributed by atoms with Gasteiger partial charge in [-0.1, -0.05) is 82.7 Å². The van der Waals surface area contributed by atoms with Crippen LogP contribution in [-0.2, 0) is 23.1 Å². The van der Waals surface area contributed by atoms with E-state index in [1.807, 2.05) is 19.1 Å². The van der Waals surface area contributed by atoms with E-state index in [9.17, 15) is 10.1 Å². The van der Waals surface area contributed by atoms with Gasteiger partial charge in [0.25, 0.3) is 0 Å². The average molecular weight is 418 g/mol. The zero-order valence-corrected chi connectivity index (χ0v) is 19.1. The van der Waals surface area contributed by atoms with Crippen molar-refractivity contribution in [1.82, 2.24) is 0 Å². The molecule has 3 heteroatoms. The third-order valence-electron chi connectivity index (χ3n) is 6.70. The van der Waals surface area contributed by atoms with Gasteiger partial charge in [0.15, 0.2) is 0 Å². The highest BCUT2D eigenvalue weighted by atomic mass is 16.5. The van der Waals surface area contributed by atoms with E-state index in [4.69, 9.17) is 4.74 Å². The van der Waals surface area contributed by atoms with Gasteiger partial charge in [-0.25, -0.2) is 0 Å². The number of esters is 1. The van der Waals surface area contributed by atoms with Gasteiger partial charge in [-0.3, -0.25) is 4.79 Å². The molecular formula is C28H35NO2. The molecule has 0 aromatic heterocycles. The number of rotatable bonds is 9. The molecule has 31 heavy (non-hydrogen) atoms. The van der Waals surface area contributed by atoms with Crippen molar-refractivity contribution in [2.75, 3.05) is 0 Å². The molecule has 0 amide bonds. The Hall–Kier alpha value is -2.60. The van der Waals surface area contributed by atoms with E-state index in [2.05, 4.69) is 37.3 Å². The average Bonchev–Trinajstić information content (AvgIpc) is 2.83. The molecule has 3 nitrogen and oxygen atoms in total. The number of nitriles is 1. The highest BCUT2D eigenvalue weighted by molar-refractivity contribution is 5.85. The maximum atomic E-state index is 13.5. The second kappa shape index (κ2) is 11.1. The molecule has 0 radical (unpaired) electrons. The lowest BCUT2D eigenvalue weighted by Crippen LogP contribution is -2.41. The third-order valence-corrected chi connectivity index (χ3v) is 6.70. The van der Waals surface area contributed by atoms with Crippen LogP contribution in [0.2, 0.25) is 0 Å². The quantitative estimate of drug-likeness (QED) is 0.249. The summed E-state index contributed by atoms with van der Waals surface area (Å²) < 4.78 is 5.89. The molecule has 0 saturated heterocycles. The van der Waals surface area contributed by atoms with Gasteiger partial charge in [-0.05, 0) is 60.9 Å². The molecule has 0 N–H and O–H groups in total. The van der Waals surface area contributed by atoms with Gasteiger partial charge in [0.1, 0.15) is 11.8 Å². The highest BCUT2D eigenvalue weighted by Crippen LogP contribution is 2.41. The monoisotopic (exact) mass is 417 g/mol. The molecule has 0 atom stereocenters. The Balaban J connectivity index is 1.81. The largest absolute Gasteiger partial charge is 0.424 e. The van der Waals surface area contributed by atoms with Crippen LogP contribution in [0.4, 0.5) is 0 Å². The van der Waals surface area contributed by atoms with Crippen LogP contribution in [0.25, 0.3) is 0 Å². The van der Waals surface area contributed by atoms with Crippen LogP contribution in [-0.4, -0.2) is 5.97 Å². The van der Waals surface area contributed by atoms with E-state index < -0.39 is 5.41 Å². The number of benzene rings is 2. The van der Waals surface area contributed by atoms with Crippen molar-refractivity contribution < 1.29 is 9.53 Å². The summed E-state index contributed by atoms with van der Waals surface area (Å²) in [5.41, 5.74) is 3.27. The van der Waals surface area contributed by atoms with Gasteiger partial charge in [-0.2, -0.15) is 5.26 Å². The highest BCUT2D eigenvalue weighted by Gasteiger charge is 2.43. The molecule has 0 spiro atoms. The first-order valence-corrected chi connectivity index (χ1v) is 12.0. The molecule has 1 aliphatic rings. The van der Waals surface area contributed by atoms with Gasteiger partial charge >= 0.3 is 5.97 Å². The second-order valence-corrected chi connectivity index (χ2v) is 8.84. The fourth-order valence-corrected chi connectivity index (χ4v) is 4.68. The summed E-state index contributed by atoms with van der Waals surface area (Å²) in [5, 5.41) is 9.54. The Labute approximate surface area is 187 Å². The van der Waals surface area contributed by atoms with Crippen molar-refractivity contribution in [2.45, 2.75) is 89.9 Å². The summed E-state index contributed by atoms with van der Waals surface area (Å²) in [6.07, 6.45) is 11.8. The molecular weight excluding hydrogens is 382 g/mol. The van der Waals surface area contributed by atoms with Crippen LogP contribution < -0.4 is 4.74 Å². The number of unbranched alkanes of at least 4 members (excludes halogenated alkanes) is 3. The molecule has 2 aromatic rings. The molecule has 1 saturated carbocycles. The standard InChI is InChI=1S/C28H35NO2/c1-3-5-6-8-11-23-12-15-25(16-13-23)28(18-9-7-10-19-28)27(30)31-26-17-14-22(4-2)20-24(26)21-29/h12-17,20H,3-11,18-19H2,1-2H3. The molecule has 164 valence electrons. The normalized spacial score (nSPS) is 15.3. The van der Waals surface area contributed by atoms with Gasteiger partial charge in [0.2, 0.25) is 0 Å². The van der Waals surface area contributed by atoms with Gasteiger partial charge < -0.3 is 4.74 Å². The van der Waals surface area contributed by atoms with E-state index in [-0.39, 0.29) is 5.97 Å². The SMILES string of the molecule is CCCCCCc1ccc(C2(C(=O)Oc3ccc(CC)cc3C#N)CCCCC2)cc1. The first kappa shape index (κ1) is 23.1. The number of nitrogens with zero attached hydrogens (tertiary/aromatic N) is 1. The first-order valence-electron chi connectivity index (χ1n) is 12.0. The van der Waals surface area contributed by atoms with E-state index >= 15 is 0 Å².